The van der Waals surface area contributed by atoms with Gasteiger partial charge < -0.3 is 4.98 Å². The van der Waals surface area contributed by atoms with Gasteiger partial charge in [-0.1, -0.05) is 109 Å². The maximum atomic E-state index is 4.01. The van der Waals surface area contributed by atoms with E-state index in [1.54, 1.807) is 0 Å². The first kappa shape index (κ1) is 19.6. The summed E-state index contributed by atoms with van der Waals surface area (Å²) in [5.74, 6) is 0. The Morgan fingerprint density at radius 1 is 0.471 bits per heavy atom. The standard InChI is InChI=1S/C32H20BrN/c33-31-24-14-5-4-13-23(24)29(26-17-8-15-21(30(26)31)20-10-2-1-3-11-20)27-18-9-16-25-22-12-6-7-19-28(22)34-32(25)27/h1-19,34H. The fourth-order valence-electron chi connectivity index (χ4n) is 5.40. The Balaban J connectivity index is 1.69. The minimum atomic E-state index is 1.14. The van der Waals surface area contributed by atoms with E-state index < -0.39 is 0 Å². The van der Waals surface area contributed by atoms with Gasteiger partial charge in [-0.3, -0.25) is 0 Å². The van der Waals surface area contributed by atoms with E-state index in [0.717, 1.165) is 4.47 Å². The van der Waals surface area contributed by atoms with Crippen molar-refractivity contribution in [2.24, 2.45) is 0 Å². The highest BCUT2D eigenvalue weighted by Crippen LogP contribution is 2.46. The summed E-state index contributed by atoms with van der Waals surface area (Å²) in [5, 5.41) is 7.48. The van der Waals surface area contributed by atoms with Gasteiger partial charge in [0.1, 0.15) is 0 Å². The summed E-state index contributed by atoms with van der Waals surface area (Å²) in [4.78, 5) is 3.72. The quantitative estimate of drug-likeness (QED) is 0.228. The van der Waals surface area contributed by atoms with E-state index in [1.807, 2.05) is 0 Å². The molecule has 1 aromatic heterocycles. The number of aromatic amines is 1. The van der Waals surface area contributed by atoms with Crippen LogP contribution in [0.25, 0.3) is 65.6 Å². The first-order chi connectivity index (χ1) is 16.8. The monoisotopic (exact) mass is 497 g/mol. The number of H-pyrrole nitrogens is 1. The summed E-state index contributed by atoms with van der Waals surface area (Å²) in [6.45, 7) is 0. The van der Waals surface area contributed by atoms with Crippen molar-refractivity contribution < 1.29 is 0 Å². The number of nitrogens with one attached hydrogen (secondary N) is 1. The van der Waals surface area contributed by atoms with Gasteiger partial charge in [0, 0.05) is 31.7 Å². The lowest BCUT2D eigenvalue weighted by molar-refractivity contribution is 1.54. The molecule has 160 valence electrons. The highest BCUT2D eigenvalue weighted by molar-refractivity contribution is 9.10. The first-order valence-electron chi connectivity index (χ1n) is 11.5. The first-order valence-corrected chi connectivity index (χ1v) is 12.3. The number of aromatic nitrogens is 1. The zero-order valence-electron chi connectivity index (χ0n) is 18.3. The molecule has 0 unspecified atom stereocenters. The lowest BCUT2D eigenvalue weighted by Gasteiger charge is -2.18. The fourth-order valence-corrected chi connectivity index (χ4v) is 6.17. The van der Waals surface area contributed by atoms with Crippen molar-refractivity contribution in [3.8, 4) is 22.3 Å². The van der Waals surface area contributed by atoms with Gasteiger partial charge in [-0.05, 0) is 54.8 Å². The fraction of sp³-hybridized carbons (Fsp3) is 0. The molecule has 0 atom stereocenters. The highest BCUT2D eigenvalue weighted by atomic mass is 79.9. The Kier molecular flexibility index (Phi) is 4.36. The normalized spacial score (nSPS) is 11.7. The molecule has 1 N–H and O–H groups in total. The molecule has 6 aromatic carbocycles. The zero-order valence-corrected chi connectivity index (χ0v) is 19.9. The molecule has 7 aromatic rings. The summed E-state index contributed by atoms with van der Waals surface area (Å²) in [5.41, 5.74) is 7.30. The smallest absolute Gasteiger partial charge is 0.0544 e. The maximum Gasteiger partial charge on any atom is 0.0544 e. The minimum Gasteiger partial charge on any atom is -0.354 e. The highest BCUT2D eigenvalue weighted by Gasteiger charge is 2.19. The molecule has 0 amide bonds. The van der Waals surface area contributed by atoms with Gasteiger partial charge >= 0.3 is 0 Å². The summed E-state index contributed by atoms with van der Waals surface area (Å²) in [6.07, 6.45) is 0. The second-order valence-electron chi connectivity index (χ2n) is 8.73. The topological polar surface area (TPSA) is 15.8 Å². The van der Waals surface area contributed by atoms with E-state index >= 15 is 0 Å². The predicted molar refractivity (Wildman–Crippen MR) is 149 cm³/mol. The lowest BCUT2D eigenvalue weighted by Crippen LogP contribution is -1.91. The molecule has 1 heterocycles. The lowest BCUT2D eigenvalue weighted by atomic mass is 9.88. The van der Waals surface area contributed by atoms with Gasteiger partial charge in [0.25, 0.3) is 0 Å². The SMILES string of the molecule is Brc1c2ccccc2c(-c2cccc3c2[nH]c2ccccc23)c2cccc(-c3ccccc3)c12. The molecule has 0 saturated carbocycles. The van der Waals surface area contributed by atoms with E-state index in [0.29, 0.717) is 0 Å². The Morgan fingerprint density at radius 3 is 1.91 bits per heavy atom. The molecule has 0 aliphatic rings. The van der Waals surface area contributed by atoms with Crippen LogP contribution in [0.1, 0.15) is 0 Å². The van der Waals surface area contributed by atoms with E-state index in [-0.39, 0.29) is 0 Å². The van der Waals surface area contributed by atoms with Crippen LogP contribution in [0.2, 0.25) is 0 Å². The third-order valence-electron chi connectivity index (χ3n) is 6.88. The summed E-state index contributed by atoms with van der Waals surface area (Å²) < 4.78 is 1.14. The number of rotatable bonds is 2. The maximum absolute atomic E-state index is 4.01. The third-order valence-corrected chi connectivity index (χ3v) is 7.71. The van der Waals surface area contributed by atoms with Crippen LogP contribution < -0.4 is 0 Å². The number of benzene rings is 6. The van der Waals surface area contributed by atoms with Crippen LogP contribution in [0.15, 0.2) is 120 Å². The van der Waals surface area contributed by atoms with Crippen LogP contribution in [0.3, 0.4) is 0 Å². The number of para-hydroxylation sites is 2. The van der Waals surface area contributed by atoms with Crippen molar-refractivity contribution in [1.82, 2.24) is 4.98 Å². The molecular weight excluding hydrogens is 478 g/mol. The molecule has 0 bridgehead atoms. The average Bonchev–Trinajstić information content (AvgIpc) is 3.29. The number of halogens is 1. The molecule has 0 aliphatic heterocycles. The Labute approximate surface area is 205 Å². The molecule has 0 radical (unpaired) electrons. The van der Waals surface area contributed by atoms with Crippen LogP contribution >= 0.6 is 15.9 Å². The van der Waals surface area contributed by atoms with Gasteiger partial charge in [0.2, 0.25) is 0 Å². The minimum absolute atomic E-state index is 1.14. The molecular formula is C32H20BrN. The van der Waals surface area contributed by atoms with Crippen LogP contribution in [0, 0.1) is 0 Å². The molecule has 0 aliphatic carbocycles. The van der Waals surface area contributed by atoms with Crippen molar-refractivity contribution in [2.45, 2.75) is 0 Å². The van der Waals surface area contributed by atoms with Crippen LogP contribution in [0.4, 0.5) is 0 Å². The van der Waals surface area contributed by atoms with Crippen LogP contribution in [0.5, 0.6) is 0 Å². The molecule has 1 nitrogen and oxygen atoms in total. The molecule has 0 fully saturated rings. The van der Waals surface area contributed by atoms with Gasteiger partial charge in [-0.2, -0.15) is 0 Å². The van der Waals surface area contributed by atoms with Crippen molar-refractivity contribution in [1.29, 1.82) is 0 Å². The van der Waals surface area contributed by atoms with E-state index in [2.05, 4.69) is 136 Å². The van der Waals surface area contributed by atoms with Gasteiger partial charge in [-0.25, -0.2) is 0 Å². The molecule has 2 heteroatoms. The van der Waals surface area contributed by atoms with Crippen molar-refractivity contribution in [3.63, 3.8) is 0 Å². The van der Waals surface area contributed by atoms with Gasteiger partial charge in [-0.15, -0.1) is 0 Å². The number of fused-ring (bicyclic) bond motifs is 5. The Morgan fingerprint density at radius 2 is 1.09 bits per heavy atom. The second-order valence-corrected chi connectivity index (χ2v) is 9.52. The largest absolute Gasteiger partial charge is 0.354 e. The van der Waals surface area contributed by atoms with Gasteiger partial charge in [0.15, 0.2) is 0 Å². The molecule has 0 spiro atoms. The molecule has 34 heavy (non-hydrogen) atoms. The average molecular weight is 498 g/mol. The summed E-state index contributed by atoms with van der Waals surface area (Å²) in [6, 6.07) is 41.3. The van der Waals surface area contributed by atoms with Crippen LogP contribution in [-0.4, -0.2) is 4.98 Å². The van der Waals surface area contributed by atoms with Gasteiger partial charge in [0.05, 0.1) is 5.52 Å². The number of hydrogen-bond acceptors (Lipinski definition) is 0. The Hall–Kier alpha value is -3.88. The Bertz CT molecular complexity index is 1860. The second kappa shape index (κ2) is 7.58. The van der Waals surface area contributed by atoms with E-state index in [4.69, 9.17) is 0 Å². The van der Waals surface area contributed by atoms with Crippen molar-refractivity contribution >= 4 is 59.3 Å². The number of hydrogen-bond donors (Lipinski definition) is 1. The van der Waals surface area contributed by atoms with Crippen molar-refractivity contribution in [2.75, 3.05) is 0 Å². The van der Waals surface area contributed by atoms with E-state index in [1.165, 1.54) is 65.6 Å². The summed E-state index contributed by atoms with van der Waals surface area (Å²) in [7, 11) is 0. The van der Waals surface area contributed by atoms with Crippen LogP contribution in [-0.2, 0) is 0 Å². The van der Waals surface area contributed by atoms with E-state index in [9.17, 15) is 0 Å². The summed E-state index contributed by atoms with van der Waals surface area (Å²) >= 11 is 4.01. The zero-order chi connectivity index (χ0) is 22.6. The molecule has 0 saturated heterocycles. The van der Waals surface area contributed by atoms with Crippen molar-refractivity contribution in [3.05, 3.63) is 120 Å². The predicted octanol–water partition coefficient (Wildman–Crippen LogP) is 9.72. The molecule has 7 rings (SSSR count). The third kappa shape index (κ3) is 2.79.